The Morgan fingerprint density at radius 1 is 0.972 bits per heavy atom. The van der Waals surface area contributed by atoms with Crippen LogP contribution in [0.1, 0.15) is 48.0 Å². The van der Waals surface area contributed by atoms with E-state index in [9.17, 15) is 24.0 Å². The molecule has 0 aromatic rings. The molecule has 202 valence electrons. The number of rotatable bonds is 8. The predicted molar refractivity (Wildman–Crippen MR) is 136 cm³/mol. The van der Waals surface area contributed by atoms with Gasteiger partial charge in [0.25, 0.3) is 0 Å². The number of nitrogens with one attached hydrogen (secondary N) is 5. The Balaban J connectivity index is 3.02. The van der Waals surface area contributed by atoms with E-state index in [1.165, 1.54) is 13.2 Å². The highest BCUT2D eigenvalue weighted by molar-refractivity contribution is 5.94. The summed E-state index contributed by atoms with van der Waals surface area (Å²) in [7, 11) is 1.23. The lowest BCUT2D eigenvalue weighted by molar-refractivity contribution is -0.144. The number of carbonyl (C=O) groups is 5. The van der Waals surface area contributed by atoms with Crippen molar-refractivity contribution in [2.24, 2.45) is 17.8 Å². The van der Waals surface area contributed by atoms with Crippen molar-refractivity contribution >= 4 is 29.7 Å². The first-order valence-electron chi connectivity index (χ1n) is 12.3. The molecule has 1 heterocycles. The Bertz CT molecular complexity index is 852. The molecule has 11 heteroatoms. The third-order valence-corrected chi connectivity index (χ3v) is 5.65. The fourth-order valence-electron chi connectivity index (χ4n) is 3.38. The molecule has 4 unspecified atom stereocenters. The molecule has 0 aromatic carbocycles. The summed E-state index contributed by atoms with van der Waals surface area (Å²) in [5, 5.41) is 13.5. The zero-order valence-electron chi connectivity index (χ0n) is 22.2. The van der Waals surface area contributed by atoms with Crippen molar-refractivity contribution in [3.8, 4) is 0 Å². The molecule has 1 rings (SSSR count). The lowest BCUT2D eigenvalue weighted by Crippen LogP contribution is -2.58. The SMILES string of the molecule is COC(=O)C(NC(=O)NC(C(=O)NC1C=CCCNC(=O)C=CC(C(C)C)NC1=O)C(C)C)C(C)C. The van der Waals surface area contributed by atoms with E-state index in [2.05, 4.69) is 26.6 Å². The molecule has 0 fully saturated rings. The third-order valence-electron chi connectivity index (χ3n) is 5.65. The van der Waals surface area contributed by atoms with Crippen LogP contribution < -0.4 is 26.6 Å². The first-order chi connectivity index (χ1) is 16.9. The number of amides is 5. The molecule has 0 bridgehead atoms. The van der Waals surface area contributed by atoms with Gasteiger partial charge in [-0.15, -0.1) is 0 Å². The van der Waals surface area contributed by atoms with Crippen LogP contribution in [0.2, 0.25) is 0 Å². The summed E-state index contributed by atoms with van der Waals surface area (Å²) in [6, 6.07) is -3.98. The fourth-order valence-corrected chi connectivity index (χ4v) is 3.38. The van der Waals surface area contributed by atoms with Crippen molar-refractivity contribution in [2.75, 3.05) is 13.7 Å². The second kappa shape index (κ2) is 14.9. The number of methoxy groups -OCH3 is 1. The highest BCUT2D eigenvalue weighted by atomic mass is 16.5. The van der Waals surface area contributed by atoms with E-state index in [1.807, 2.05) is 13.8 Å². The van der Waals surface area contributed by atoms with Gasteiger partial charge in [-0.25, -0.2) is 9.59 Å². The molecule has 1 aliphatic heterocycles. The van der Waals surface area contributed by atoms with Gasteiger partial charge >= 0.3 is 12.0 Å². The van der Waals surface area contributed by atoms with Gasteiger partial charge < -0.3 is 31.3 Å². The number of hydrogen-bond acceptors (Lipinski definition) is 6. The number of hydrogen-bond donors (Lipinski definition) is 5. The molecule has 0 spiro atoms. The van der Waals surface area contributed by atoms with E-state index in [1.54, 1.807) is 45.9 Å². The van der Waals surface area contributed by atoms with Crippen molar-refractivity contribution < 1.29 is 28.7 Å². The summed E-state index contributed by atoms with van der Waals surface area (Å²) < 4.78 is 4.74. The van der Waals surface area contributed by atoms with E-state index in [0.29, 0.717) is 13.0 Å². The summed E-state index contributed by atoms with van der Waals surface area (Å²) >= 11 is 0. The molecule has 0 aromatic heterocycles. The van der Waals surface area contributed by atoms with Crippen LogP contribution in [0.5, 0.6) is 0 Å². The van der Waals surface area contributed by atoms with Crippen LogP contribution in [0.4, 0.5) is 4.79 Å². The molecule has 0 saturated heterocycles. The Morgan fingerprint density at radius 3 is 2.14 bits per heavy atom. The lowest BCUT2D eigenvalue weighted by Gasteiger charge is -2.27. The van der Waals surface area contributed by atoms with Gasteiger partial charge in [-0.1, -0.05) is 59.8 Å². The molecule has 0 radical (unpaired) electrons. The van der Waals surface area contributed by atoms with Crippen molar-refractivity contribution in [1.82, 2.24) is 26.6 Å². The third kappa shape index (κ3) is 10.1. The van der Waals surface area contributed by atoms with Crippen molar-refractivity contribution in [3.05, 3.63) is 24.3 Å². The summed E-state index contributed by atoms with van der Waals surface area (Å²) in [5.74, 6) is -2.38. The maximum Gasteiger partial charge on any atom is 0.328 e. The Kier molecular flexibility index (Phi) is 12.7. The molecule has 5 N–H and O–H groups in total. The average molecular weight is 508 g/mol. The Labute approximate surface area is 213 Å². The van der Waals surface area contributed by atoms with Crippen molar-refractivity contribution in [3.63, 3.8) is 0 Å². The van der Waals surface area contributed by atoms with Crippen LogP contribution in [0.3, 0.4) is 0 Å². The second-order valence-corrected chi connectivity index (χ2v) is 9.72. The fraction of sp³-hybridized carbons (Fsp3) is 0.640. The Hall–Kier alpha value is -3.37. The maximum atomic E-state index is 13.1. The standard InChI is InChI=1S/C25H41N5O6/c1-14(2)17-11-12-19(31)26-13-9-8-10-18(22(32)27-17)28-23(33)20(15(3)4)29-25(35)30-21(16(5)6)24(34)36-7/h8,10-12,14-18,20-21H,9,13H2,1-7H3,(H,26,31)(H,27,32)(H,28,33)(H2,29,30,35). The lowest BCUT2D eigenvalue weighted by atomic mass is 10.0. The average Bonchev–Trinajstić information content (AvgIpc) is 2.80. The second-order valence-electron chi connectivity index (χ2n) is 9.72. The summed E-state index contributed by atoms with van der Waals surface area (Å²) in [6.07, 6.45) is 6.74. The first kappa shape index (κ1) is 30.7. The highest BCUT2D eigenvalue weighted by Gasteiger charge is 2.31. The molecule has 1 aliphatic rings. The number of carbonyl (C=O) groups excluding carboxylic acids is 5. The minimum Gasteiger partial charge on any atom is -0.467 e. The zero-order chi connectivity index (χ0) is 27.4. The molecule has 4 atom stereocenters. The zero-order valence-corrected chi connectivity index (χ0v) is 22.2. The summed E-state index contributed by atoms with van der Waals surface area (Å²) in [5.41, 5.74) is 0. The van der Waals surface area contributed by atoms with E-state index < -0.39 is 48.0 Å². The van der Waals surface area contributed by atoms with E-state index >= 15 is 0 Å². The molecule has 5 amide bonds. The molecule has 0 aliphatic carbocycles. The van der Waals surface area contributed by atoms with Gasteiger partial charge in [0.2, 0.25) is 17.7 Å². The first-order valence-corrected chi connectivity index (χ1v) is 12.3. The van der Waals surface area contributed by atoms with Crippen LogP contribution in [-0.4, -0.2) is 67.5 Å². The van der Waals surface area contributed by atoms with Crippen LogP contribution in [0.25, 0.3) is 0 Å². The number of ether oxygens (including phenoxy) is 1. The van der Waals surface area contributed by atoms with Crippen molar-refractivity contribution in [2.45, 2.75) is 72.1 Å². The van der Waals surface area contributed by atoms with Crippen LogP contribution in [0.15, 0.2) is 24.3 Å². The minimum atomic E-state index is -0.994. The summed E-state index contributed by atoms with van der Waals surface area (Å²) in [6.45, 7) is 11.2. The Morgan fingerprint density at radius 2 is 1.58 bits per heavy atom. The highest BCUT2D eigenvalue weighted by Crippen LogP contribution is 2.08. The van der Waals surface area contributed by atoms with Gasteiger partial charge in [-0.3, -0.25) is 14.4 Å². The van der Waals surface area contributed by atoms with Gasteiger partial charge in [-0.2, -0.15) is 0 Å². The molecular weight excluding hydrogens is 466 g/mol. The van der Waals surface area contributed by atoms with Crippen molar-refractivity contribution in [1.29, 1.82) is 0 Å². The van der Waals surface area contributed by atoms with E-state index in [0.717, 1.165) is 0 Å². The molecular formula is C25H41N5O6. The largest absolute Gasteiger partial charge is 0.467 e. The van der Waals surface area contributed by atoms with Gasteiger partial charge in [0.05, 0.1) is 7.11 Å². The van der Waals surface area contributed by atoms with Crippen LogP contribution >= 0.6 is 0 Å². The van der Waals surface area contributed by atoms with Gasteiger partial charge in [0.15, 0.2) is 0 Å². The van der Waals surface area contributed by atoms with Crippen LogP contribution in [-0.2, 0) is 23.9 Å². The monoisotopic (exact) mass is 507 g/mol. The quantitative estimate of drug-likeness (QED) is 0.241. The normalized spacial score (nSPS) is 20.5. The summed E-state index contributed by atoms with van der Waals surface area (Å²) in [4.78, 5) is 62.7. The predicted octanol–water partition coefficient (Wildman–Crippen LogP) is 0.766. The van der Waals surface area contributed by atoms with Crippen LogP contribution in [0, 0.1) is 17.8 Å². The van der Waals surface area contributed by atoms with Gasteiger partial charge in [0.1, 0.15) is 18.1 Å². The number of urea groups is 1. The van der Waals surface area contributed by atoms with E-state index in [-0.39, 0.29) is 23.7 Å². The van der Waals surface area contributed by atoms with E-state index in [4.69, 9.17) is 4.74 Å². The maximum absolute atomic E-state index is 13.1. The van der Waals surface area contributed by atoms with Gasteiger partial charge in [0, 0.05) is 18.7 Å². The topological polar surface area (TPSA) is 155 Å². The smallest absolute Gasteiger partial charge is 0.328 e. The molecule has 11 nitrogen and oxygen atoms in total. The molecule has 0 saturated carbocycles. The van der Waals surface area contributed by atoms with Gasteiger partial charge in [-0.05, 0) is 24.2 Å². The minimum absolute atomic E-state index is 0.00115. The number of esters is 1. The molecule has 36 heavy (non-hydrogen) atoms.